The van der Waals surface area contributed by atoms with Crippen molar-refractivity contribution in [2.45, 2.75) is 36.9 Å². The molecule has 0 radical (unpaired) electrons. The predicted molar refractivity (Wildman–Crippen MR) is 131 cm³/mol. The molecule has 0 bridgehead atoms. The molecule has 2 nitrogen and oxygen atoms in total. The second kappa shape index (κ2) is 6.54. The van der Waals surface area contributed by atoms with Gasteiger partial charge in [-0.05, 0) is 68.3 Å². The molecular weight excluding hydrogens is 392 g/mol. The summed E-state index contributed by atoms with van der Waals surface area (Å²) in [4.78, 5) is 0. The van der Waals surface area contributed by atoms with Crippen LogP contribution in [0.2, 0.25) is 0 Å². The summed E-state index contributed by atoms with van der Waals surface area (Å²) in [6, 6.07) is 29.4. The second-order valence-electron chi connectivity index (χ2n) is 9.54. The fraction of sp³-hybridized carbons (Fsp3) is 0.267. The van der Waals surface area contributed by atoms with Gasteiger partial charge in [0.05, 0.1) is 12.0 Å². The van der Waals surface area contributed by atoms with Gasteiger partial charge in [-0.3, -0.25) is 0 Å². The lowest BCUT2D eigenvalue weighted by molar-refractivity contribution is -0.213. The molecule has 158 valence electrons. The van der Waals surface area contributed by atoms with E-state index in [0.717, 1.165) is 32.3 Å². The number of methoxy groups -OCH3 is 1. The first-order chi connectivity index (χ1) is 15.7. The van der Waals surface area contributed by atoms with Crippen LogP contribution in [0.4, 0.5) is 0 Å². The van der Waals surface area contributed by atoms with Crippen molar-refractivity contribution in [3.63, 3.8) is 0 Å². The fourth-order valence-electron chi connectivity index (χ4n) is 6.79. The van der Waals surface area contributed by atoms with E-state index in [4.69, 9.17) is 9.47 Å². The fourth-order valence-corrected chi connectivity index (χ4v) is 6.79. The maximum atomic E-state index is 6.19. The number of fused-ring (bicyclic) bond motifs is 1. The zero-order valence-electron chi connectivity index (χ0n) is 18.4. The standard InChI is InChI=1S/C30H26O2/c1-31-30-17-3-16-29(30,18-19-32-30)24-12-8-20(9-13-24)25-14-10-23-7-6-21-4-2-5-22-11-15-26(25)28(23)27(21)22/h2,4-15H,3,16-19H2,1H3. The maximum Gasteiger partial charge on any atom is 0.177 e. The quantitative estimate of drug-likeness (QED) is 0.284. The predicted octanol–water partition coefficient (Wildman–Crippen LogP) is 7.44. The molecule has 2 atom stereocenters. The highest BCUT2D eigenvalue weighted by Gasteiger charge is 2.60. The summed E-state index contributed by atoms with van der Waals surface area (Å²) in [5.74, 6) is -0.443. The summed E-state index contributed by atoms with van der Waals surface area (Å²) < 4.78 is 12.2. The van der Waals surface area contributed by atoms with Gasteiger partial charge < -0.3 is 9.47 Å². The molecule has 0 spiro atoms. The molecule has 2 aliphatic rings. The molecule has 0 aromatic heterocycles. The Kier molecular flexibility index (Phi) is 3.80. The van der Waals surface area contributed by atoms with Gasteiger partial charge in [0, 0.05) is 13.5 Å². The molecule has 1 saturated heterocycles. The van der Waals surface area contributed by atoms with Crippen LogP contribution in [0.25, 0.3) is 43.4 Å². The van der Waals surface area contributed by atoms with Crippen LogP contribution in [0.3, 0.4) is 0 Å². The zero-order valence-corrected chi connectivity index (χ0v) is 18.4. The van der Waals surface area contributed by atoms with Crippen LogP contribution in [0.5, 0.6) is 0 Å². The van der Waals surface area contributed by atoms with Crippen LogP contribution >= 0.6 is 0 Å². The Morgan fingerprint density at radius 1 is 0.719 bits per heavy atom. The first-order valence-electron chi connectivity index (χ1n) is 11.7. The summed E-state index contributed by atoms with van der Waals surface area (Å²) in [5, 5.41) is 8.01. The topological polar surface area (TPSA) is 18.5 Å². The molecule has 0 N–H and O–H groups in total. The molecule has 7 rings (SSSR count). The van der Waals surface area contributed by atoms with Gasteiger partial charge in [0.25, 0.3) is 0 Å². The lowest BCUT2D eigenvalue weighted by Crippen LogP contribution is -2.45. The molecule has 32 heavy (non-hydrogen) atoms. The van der Waals surface area contributed by atoms with Crippen molar-refractivity contribution in [1.29, 1.82) is 0 Å². The number of benzene rings is 5. The van der Waals surface area contributed by atoms with Crippen molar-refractivity contribution in [3.8, 4) is 11.1 Å². The first kappa shape index (κ1) is 18.6. The minimum absolute atomic E-state index is 0.0110. The van der Waals surface area contributed by atoms with Crippen LogP contribution in [0.15, 0.2) is 78.9 Å². The molecule has 0 amide bonds. The van der Waals surface area contributed by atoms with Crippen LogP contribution in [0, 0.1) is 0 Å². The molecule has 2 unspecified atom stereocenters. The second-order valence-corrected chi connectivity index (χ2v) is 9.54. The molecule has 1 aliphatic carbocycles. The third-order valence-corrected chi connectivity index (χ3v) is 8.31. The van der Waals surface area contributed by atoms with E-state index in [2.05, 4.69) is 78.9 Å². The van der Waals surface area contributed by atoms with Crippen LogP contribution in [-0.4, -0.2) is 19.5 Å². The zero-order chi connectivity index (χ0) is 21.3. The number of ether oxygens (including phenoxy) is 2. The Bertz CT molecular complexity index is 1440. The van der Waals surface area contributed by atoms with E-state index in [1.54, 1.807) is 0 Å². The Labute approximate surface area is 188 Å². The average molecular weight is 419 g/mol. The highest BCUT2D eigenvalue weighted by Crippen LogP contribution is 2.57. The largest absolute Gasteiger partial charge is 0.352 e. The number of hydrogen-bond acceptors (Lipinski definition) is 2. The summed E-state index contributed by atoms with van der Waals surface area (Å²) in [7, 11) is 1.81. The molecule has 1 heterocycles. The number of rotatable bonds is 3. The van der Waals surface area contributed by atoms with Crippen molar-refractivity contribution in [1.82, 2.24) is 0 Å². The molecule has 1 saturated carbocycles. The van der Waals surface area contributed by atoms with E-state index in [1.807, 2.05) is 7.11 Å². The van der Waals surface area contributed by atoms with Gasteiger partial charge >= 0.3 is 0 Å². The lowest BCUT2D eigenvalue weighted by atomic mass is 9.74. The summed E-state index contributed by atoms with van der Waals surface area (Å²) in [6.45, 7) is 0.782. The molecule has 2 heteroatoms. The molecule has 5 aromatic carbocycles. The van der Waals surface area contributed by atoms with Crippen molar-refractivity contribution in [3.05, 3.63) is 84.4 Å². The summed E-state index contributed by atoms with van der Waals surface area (Å²) >= 11 is 0. The number of hydrogen-bond donors (Lipinski definition) is 0. The van der Waals surface area contributed by atoms with Gasteiger partial charge in [0.1, 0.15) is 0 Å². The van der Waals surface area contributed by atoms with E-state index >= 15 is 0 Å². The van der Waals surface area contributed by atoms with Crippen molar-refractivity contribution in [2.75, 3.05) is 13.7 Å². The van der Waals surface area contributed by atoms with E-state index in [1.165, 1.54) is 49.0 Å². The Morgan fingerprint density at radius 3 is 2.22 bits per heavy atom. The molecule has 1 aliphatic heterocycles. The third-order valence-electron chi connectivity index (χ3n) is 8.31. The van der Waals surface area contributed by atoms with Crippen LogP contribution in [0.1, 0.15) is 31.2 Å². The van der Waals surface area contributed by atoms with Gasteiger partial charge in [-0.1, -0.05) is 78.9 Å². The normalized spacial score (nSPS) is 25.3. The highest BCUT2D eigenvalue weighted by molar-refractivity contribution is 6.25. The van der Waals surface area contributed by atoms with Gasteiger partial charge in [-0.25, -0.2) is 0 Å². The van der Waals surface area contributed by atoms with Crippen LogP contribution < -0.4 is 0 Å². The Balaban J connectivity index is 1.39. The van der Waals surface area contributed by atoms with Crippen molar-refractivity contribution >= 4 is 32.3 Å². The van der Waals surface area contributed by atoms with Gasteiger partial charge in [0.15, 0.2) is 5.79 Å². The van der Waals surface area contributed by atoms with Gasteiger partial charge in [-0.15, -0.1) is 0 Å². The molecular formula is C30H26O2. The Hall–Kier alpha value is -2.94. The van der Waals surface area contributed by atoms with Crippen molar-refractivity contribution < 1.29 is 9.47 Å². The van der Waals surface area contributed by atoms with Gasteiger partial charge in [-0.2, -0.15) is 0 Å². The Morgan fingerprint density at radius 2 is 1.44 bits per heavy atom. The van der Waals surface area contributed by atoms with E-state index in [-0.39, 0.29) is 5.41 Å². The third kappa shape index (κ3) is 2.27. The summed E-state index contributed by atoms with van der Waals surface area (Å²) in [6.07, 6.45) is 4.32. The first-order valence-corrected chi connectivity index (χ1v) is 11.7. The molecule has 5 aromatic rings. The monoisotopic (exact) mass is 418 g/mol. The SMILES string of the molecule is COC12CCCC1(c1ccc(-c3ccc4ccc5cccc6ccc3c4c56)cc1)CCO2. The minimum Gasteiger partial charge on any atom is -0.352 e. The smallest absolute Gasteiger partial charge is 0.177 e. The van der Waals surface area contributed by atoms with Crippen molar-refractivity contribution in [2.24, 2.45) is 0 Å². The maximum absolute atomic E-state index is 6.19. The lowest BCUT2D eigenvalue weighted by Gasteiger charge is -2.38. The summed E-state index contributed by atoms with van der Waals surface area (Å²) in [5.41, 5.74) is 3.91. The molecule has 2 fully saturated rings. The van der Waals surface area contributed by atoms with Gasteiger partial charge in [0.2, 0.25) is 0 Å². The highest BCUT2D eigenvalue weighted by atomic mass is 16.7. The average Bonchev–Trinajstić information content (AvgIpc) is 3.39. The van der Waals surface area contributed by atoms with E-state index in [9.17, 15) is 0 Å². The van der Waals surface area contributed by atoms with Crippen LogP contribution in [-0.2, 0) is 14.9 Å². The minimum atomic E-state index is -0.443. The van der Waals surface area contributed by atoms with E-state index < -0.39 is 5.79 Å². The van der Waals surface area contributed by atoms with E-state index in [0.29, 0.717) is 0 Å².